The quantitative estimate of drug-likeness (QED) is 0.496. The smallest absolute Gasteiger partial charge is 0.233 e. The lowest BCUT2D eigenvalue weighted by Gasteiger charge is -2.13. The fourth-order valence-corrected chi connectivity index (χ4v) is 1.91. The maximum absolute atomic E-state index is 11.2. The third-order valence-electron chi connectivity index (χ3n) is 2.27. The van der Waals surface area contributed by atoms with E-state index < -0.39 is 0 Å². The van der Waals surface area contributed by atoms with Crippen molar-refractivity contribution in [1.29, 1.82) is 0 Å². The summed E-state index contributed by atoms with van der Waals surface area (Å²) in [5, 5.41) is 0.684. The van der Waals surface area contributed by atoms with Gasteiger partial charge in [-0.1, -0.05) is 15.9 Å². The Bertz CT molecular complexity index is 208. The topological polar surface area (TPSA) is 37.4 Å². The minimum atomic E-state index is 0.0412. The summed E-state index contributed by atoms with van der Waals surface area (Å²) in [4.78, 5) is 23.8. The molecule has 3 nitrogen and oxygen atoms in total. The Balaban J connectivity index is 2.11. The van der Waals surface area contributed by atoms with E-state index in [1.165, 1.54) is 4.90 Å². The Labute approximate surface area is 72.9 Å². The van der Waals surface area contributed by atoms with Crippen molar-refractivity contribution >= 4 is 27.7 Å². The molecule has 0 bridgehead atoms. The Kier molecular flexibility index (Phi) is 1.52. The molecule has 0 aromatic heterocycles. The van der Waals surface area contributed by atoms with E-state index in [0.29, 0.717) is 11.9 Å². The lowest BCUT2D eigenvalue weighted by atomic mass is 10.4. The van der Waals surface area contributed by atoms with Gasteiger partial charge < -0.3 is 0 Å². The largest absolute Gasteiger partial charge is 0.281 e. The van der Waals surface area contributed by atoms with Crippen molar-refractivity contribution in [3.05, 3.63) is 0 Å². The molecule has 2 unspecified atom stereocenters. The number of likely N-dealkylation sites (tertiary alicyclic amines) is 1. The van der Waals surface area contributed by atoms with Crippen molar-refractivity contribution < 1.29 is 9.59 Å². The highest BCUT2D eigenvalue weighted by molar-refractivity contribution is 9.09. The maximum atomic E-state index is 11.2. The highest BCUT2D eigenvalue weighted by atomic mass is 79.9. The summed E-state index contributed by atoms with van der Waals surface area (Å²) < 4.78 is 0. The predicted octanol–water partition coefficient (Wildman–Crippen LogP) is 0.386. The fourth-order valence-electron chi connectivity index (χ4n) is 1.55. The number of carbonyl (C=O) groups is 2. The minimum absolute atomic E-state index is 0.0412. The van der Waals surface area contributed by atoms with Crippen molar-refractivity contribution in [3.8, 4) is 0 Å². The normalized spacial score (nSPS) is 34.5. The molecule has 60 valence electrons. The van der Waals surface area contributed by atoms with Gasteiger partial charge in [-0.25, -0.2) is 0 Å². The first-order valence-electron chi connectivity index (χ1n) is 3.67. The van der Waals surface area contributed by atoms with E-state index in [2.05, 4.69) is 15.9 Å². The molecule has 2 rings (SSSR count). The van der Waals surface area contributed by atoms with E-state index >= 15 is 0 Å². The first kappa shape index (κ1) is 7.28. The molecule has 2 fully saturated rings. The van der Waals surface area contributed by atoms with Crippen LogP contribution >= 0.6 is 15.9 Å². The standard InChI is InChI=1S/C7H8BrNO2/c8-1-2-9-6(10)4-3-5(4)7(9)11/h4-5H,1-3H2. The van der Waals surface area contributed by atoms with Gasteiger partial charge in [0, 0.05) is 11.9 Å². The maximum Gasteiger partial charge on any atom is 0.233 e. The van der Waals surface area contributed by atoms with E-state index in [4.69, 9.17) is 0 Å². The summed E-state index contributed by atoms with van der Waals surface area (Å²) >= 11 is 3.20. The van der Waals surface area contributed by atoms with Crippen LogP contribution < -0.4 is 0 Å². The molecule has 1 aliphatic carbocycles. The molecule has 2 aliphatic rings. The molecule has 0 radical (unpaired) electrons. The number of hydrogen-bond acceptors (Lipinski definition) is 2. The zero-order valence-electron chi connectivity index (χ0n) is 5.92. The molecule has 1 aliphatic heterocycles. The Morgan fingerprint density at radius 2 is 1.91 bits per heavy atom. The molecule has 1 saturated carbocycles. The molecule has 2 amide bonds. The third kappa shape index (κ3) is 0.922. The number of alkyl halides is 1. The van der Waals surface area contributed by atoms with Crippen molar-refractivity contribution in [2.45, 2.75) is 6.42 Å². The zero-order chi connectivity index (χ0) is 8.01. The molecule has 11 heavy (non-hydrogen) atoms. The van der Waals surface area contributed by atoms with E-state index in [0.717, 1.165) is 6.42 Å². The monoisotopic (exact) mass is 217 g/mol. The van der Waals surface area contributed by atoms with Crippen LogP contribution in [0.2, 0.25) is 0 Å². The van der Waals surface area contributed by atoms with Gasteiger partial charge in [-0.3, -0.25) is 14.5 Å². The van der Waals surface area contributed by atoms with Crippen LogP contribution in [0.4, 0.5) is 0 Å². The average Bonchev–Trinajstić information content (AvgIpc) is 2.71. The molecule has 0 aromatic rings. The first-order chi connectivity index (χ1) is 5.25. The van der Waals surface area contributed by atoms with Gasteiger partial charge in [-0.2, -0.15) is 0 Å². The van der Waals surface area contributed by atoms with Gasteiger partial charge in [0.1, 0.15) is 0 Å². The number of rotatable bonds is 2. The van der Waals surface area contributed by atoms with Crippen LogP contribution in [0.3, 0.4) is 0 Å². The van der Waals surface area contributed by atoms with Gasteiger partial charge in [0.2, 0.25) is 11.8 Å². The highest BCUT2D eigenvalue weighted by Crippen LogP contribution is 2.46. The fraction of sp³-hybridized carbons (Fsp3) is 0.714. The van der Waals surface area contributed by atoms with Crippen molar-refractivity contribution in [2.75, 3.05) is 11.9 Å². The molecule has 0 aromatic carbocycles. The Hall–Kier alpha value is -0.380. The van der Waals surface area contributed by atoms with E-state index in [9.17, 15) is 9.59 Å². The summed E-state index contributed by atoms with van der Waals surface area (Å²) in [6, 6.07) is 0. The lowest BCUT2D eigenvalue weighted by molar-refractivity contribution is -0.140. The second-order valence-corrected chi connectivity index (χ2v) is 3.76. The number of fused-ring (bicyclic) bond motifs is 1. The van der Waals surface area contributed by atoms with Gasteiger partial charge in [-0.05, 0) is 6.42 Å². The summed E-state index contributed by atoms with van der Waals surface area (Å²) in [5.74, 6) is 0.196. The van der Waals surface area contributed by atoms with Crippen LogP contribution in [0.25, 0.3) is 0 Å². The molecular weight excluding hydrogens is 210 g/mol. The highest BCUT2D eigenvalue weighted by Gasteiger charge is 2.58. The Morgan fingerprint density at radius 3 is 2.36 bits per heavy atom. The molecule has 2 atom stereocenters. The average molecular weight is 218 g/mol. The third-order valence-corrected chi connectivity index (χ3v) is 2.62. The van der Waals surface area contributed by atoms with Crippen molar-refractivity contribution in [3.63, 3.8) is 0 Å². The summed E-state index contributed by atoms with van der Waals surface area (Å²) in [5.41, 5.74) is 0. The van der Waals surface area contributed by atoms with Crippen LogP contribution in [0.5, 0.6) is 0 Å². The number of halogens is 1. The molecule has 1 saturated heterocycles. The lowest BCUT2D eigenvalue weighted by Crippen LogP contribution is -2.34. The van der Waals surface area contributed by atoms with E-state index in [-0.39, 0.29) is 23.7 Å². The van der Waals surface area contributed by atoms with Crippen molar-refractivity contribution in [1.82, 2.24) is 4.90 Å². The van der Waals surface area contributed by atoms with E-state index in [1.807, 2.05) is 0 Å². The van der Waals surface area contributed by atoms with Gasteiger partial charge in [0.05, 0.1) is 11.8 Å². The number of hydrogen-bond donors (Lipinski definition) is 0. The van der Waals surface area contributed by atoms with Gasteiger partial charge in [0.25, 0.3) is 0 Å². The van der Waals surface area contributed by atoms with Crippen molar-refractivity contribution in [2.24, 2.45) is 11.8 Å². The number of piperidine rings is 1. The summed E-state index contributed by atoms with van der Waals surface area (Å²) in [7, 11) is 0. The molecule has 0 N–H and O–H groups in total. The van der Waals surface area contributed by atoms with Crippen LogP contribution in [-0.4, -0.2) is 28.6 Å². The first-order valence-corrected chi connectivity index (χ1v) is 4.79. The van der Waals surface area contributed by atoms with Gasteiger partial charge in [0.15, 0.2) is 0 Å². The van der Waals surface area contributed by atoms with Crippen LogP contribution in [0, 0.1) is 11.8 Å². The zero-order valence-corrected chi connectivity index (χ0v) is 7.50. The molecule has 1 heterocycles. The predicted molar refractivity (Wildman–Crippen MR) is 42.1 cm³/mol. The number of nitrogens with zero attached hydrogens (tertiary/aromatic N) is 1. The van der Waals surface area contributed by atoms with Crippen LogP contribution in [0.15, 0.2) is 0 Å². The molecular formula is C7H8BrNO2. The van der Waals surface area contributed by atoms with Crippen LogP contribution in [-0.2, 0) is 9.59 Å². The second-order valence-electron chi connectivity index (χ2n) is 2.97. The van der Waals surface area contributed by atoms with Crippen LogP contribution in [0.1, 0.15) is 6.42 Å². The number of carbonyl (C=O) groups excluding carboxylic acids is 2. The summed E-state index contributed by atoms with van der Waals surface area (Å²) in [6.45, 7) is 0.532. The van der Waals surface area contributed by atoms with E-state index in [1.54, 1.807) is 0 Å². The number of imide groups is 1. The molecule has 4 heteroatoms. The molecule has 0 spiro atoms. The van der Waals surface area contributed by atoms with Gasteiger partial charge >= 0.3 is 0 Å². The van der Waals surface area contributed by atoms with Gasteiger partial charge in [-0.15, -0.1) is 0 Å². The second kappa shape index (κ2) is 2.30. The minimum Gasteiger partial charge on any atom is -0.281 e. The Morgan fingerprint density at radius 1 is 1.36 bits per heavy atom. The SMILES string of the molecule is O=C1C2CC2C(=O)N1CCBr. The number of amides is 2. The summed E-state index contributed by atoms with van der Waals surface area (Å²) in [6.07, 6.45) is 0.802.